The van der Waals surface area contributed by atoms with Gasteiger partial charge in [0, 0.05) is 21.3 Å². The minimum Gasteiger partial charge on any atom is -0.455 e. The molecule has 88 valence electrons. The normalized spacial score (nSPS) is 32.8. The maximum Gasteiger partial charge on any atom is 0.338 e. The zero-order valence-corrected chi connectivity index (χ0v) is 9.00. The maximum atomic E-state index is 11.3. The van der Waals surface area contributed by atoms with E-state index < -0.39 is 30.4 Å². The summed E-state index contributed by atoms with van der Waals surface area (Å²) in [4.78, 5) is 11.3. The van der Waals surface area contributed by atoms with Crippen LogP contribution in [0.2, 0.25) is 0 Å². The van der Waals surface area contributed by atoms with Crippen LogP contribution >= 0.6 is 0 Å². The van der Waals surface area contributed by atoms with E-state index in [1.165, 1.54) is 21.3 Å². The molecule has 1 rings (SSSR count). The van der Waals surface area contributed by atoms with Crippen LogP contribution in [0.15, 0.2) is 0 Å². The number of carbonyl (C=O) groups excluding carboxylic acids is 1. The highest BCUT2D eigenvalue weighted by Gasteiger charge is 2.48. The Morgan fingerprint density at radius 3 is 2.53 bits per heavy atom. The molecule has 0 spiro atoms. The largest absolute Gasteiger partial charge is 0.455 e. The molecular formula is C9H16O6. The Morgan fingerprint density at radius 2 is 2.07 bits per heavy atom. The first-order valence-corrected chi connectivity index (χ1v) is 4.58. The van der Waals surface area contributed by atoms with E-state index in [0.717, 1.165) is 0 Å². The number of methoxy groups -OCH3 is 3. The monoisotopic (exact) mass is 220 g/mol. The summed E-state index contributed by atoms with van der Waals surface area (Å²) in [5.41, 5.74) is 0. The van der Waals surface area contributed by atoms with Gasteiger partial charge in [-0.1, -0.05) is 0 Å². The number of aliphatic hydroxyl groups excluding tert-OH is 1. The van der Waals surface area contributed by atoms with Crippen molar-refractivity contribution in [2.24, 2.45) is 0 Å². The molecule has 0 bridgehead atoms. The number of rotatable bonds is 5. The van der Waals surface area contributed by atoms with Gasteiger partial charge in [-0.05, 0) is 0 Å². The minimum absolute atomic E-state index is 0.0776. The van der Waals surface area contributed by atoms with Crippen molar-refractivity contribution >= 4 is 5.97 Å². The maximum absolute atomic E-state index is 11.3. The van der Waals surface area contributed by atoms with Gasteiger partial charge in [-0.3, -0.25) is 0 Å². The molecule has 0 aromatic rings. The van der Waals surface area contributed by atoms with Crippen LogP contribution in [0.4, 0.5) is 0 Å². The lowest BCUT2D eigenvalue weighted by atomic mass is 10.1. The summed E-state index contributed by atoms with van der Waals surface area (Å²) in [7, 11) is 4.28. The van der Waals surface area contributed by atoms with Crippen molar-refractivity contribution in [3.63, 3.8) is 0 Å². The van der Waals surface area contributed by atoms with Gasteiger partial charge in [0.15, 0.2) is 12.2 Å². The van der Waals surface area contributed by atoms with Crippen LogP contribution in [0.3, 0.4) is 0 Å². The second-order valence-corrected chi connectivity index (χ2v) is 3.28. The van der Waals surface area contributed by atoms with Crippen molar-refractivity contribution in [2.45, 2.75) is 24.4 Å². The number of carbonyl (C=O) groups is 1. The zero-order valence-electron chi connectivity index (χ0n) is 9.00. The summed E-state index contributed by atoms with van der Waals surface area (Å²) in [6.45, 7) is 0.0776. The van der Waals surface area contributed by atoms with E-state index in [1.807, 2.05) is 0 Å². The molecule has 6 nitrogen and oxygen atoms in total. The SMILES string of the molecule is COCC(O)C1OC(=O)C(OC)C1OC. The number of ether oxygens (including phenoxy) is 4. The van der Waals surface area contributed by atoms with Crippen LogP contribution in [0.5, 0.6) is 0 Å². The molecule has 0 aromatic heterocycles. The van der Waals surface area contributed by atoms with Crippen molar-refractivity contribution in [3.05, 3.63) is 0 Å². The van der Waals surface area contributed by atoms with Crippen molar-refractivity contribution in [2.75, 3.05) is 27.9 Å². The third-order valence-corrected chi connectivity index (χ3v) is 2.35. The Hall–Kier alpha value is -0.690. The highest BCUT2D eigenvalue weighted by atomic mass is 16.6. The van der Waals surface area contributed by atoms with E-state index in [-0.39, 0.29) is 6.61 Å². The van der Waals surface area contributed by atoms with Gasteiger partial charge in [-0.2, -0.15) is 0 Å². The molecule has 1 fully saturated rings. The molecule has 0 saturated carbocycles. The molecule has 1 heterocycles. The molecule has 15 heavy (non-hydrogen) atoms. The third-order valence-electron chi connectivity index (χ3n) is 2.35. The molecule has 0 aliphatic carbocycles. The van der Waals surface area contributed by atoms with Gasteiger partial charge in [0.25, 0.3) is 0 Å². The van der Waals surface area contributed by atoms with Crippen LogP contribution in [0.1, 0.15) is 0 Å². The average molecular weight is 220 g/mol. The van der Waals surface area contributed by atoms with Crippen LogP contribution in [-0.2, 0) is 23.7 Å². The quantitative estimate of drug-likeness (QED) is 0.596. The molecule has 1 saturated heterocycles. The van der Waals surface area contributed by atoms with Gasteiger partial charge in [-0.25, -0.2) is 4.79 Å². The lowest BCUT2D eigenvalue weighted by Gasteiger charge is -2.22. The summed E-state index contributed by atoms with van der Waals surface area (Å²) in [5, 5.41) is 9.64. The van der Waals surface area contributed by atoms with Crippen molar-refractivity contribution < 1.29 is 28.8 Å². The smallest absolute Gasteiger partial charge is 0.338 e. The van der Waals surface area contributed by atoms with E-state index >= 15 is 0 Å². The van der Waals surface area contributed by atoms with E-state index in [4.69, 9.17) is 18.9 Å². The van der Waals surface area contributed by atoms with E-state index in [0.29, 0.717) is 0 Å². The number of hydrogen-bond donors (Lipinski definition) is 1. The Kier molecular flexibility index (Phi) is 4.46. The molecule has 1 N–H and O–H groups in total. The summed E-state index contributed by atoms with van der Waals surface area (Å²) >= 11 is 0. The molecule has 4 atom stereocenters. The fourth-order valence-electron chi connectivity index (χ4n) is 1.63. The fourth-order valence-corrected chi connectivity index (χ4v) is 1.63. The number of hydrogen-bond acceptors (Lipinski definition) is 6. The predicted octanol–water partition coefficient (Wildman–Crippen LogP) is -1.05. The summed E-state index contributed by atoms with van der Waals surface area (Å²) in [6, 6.07) is 0. The van der Waals surface area contributed by atoms with E-state index in [2.05, 4.69) is 0 Å². The van der Waals surface area contributed by atoms with Gasteiger partial charge in [-0.15, -0.1) is 0 Å². The minimum atomic E-state index is -0.913. The third kappa shape index (κ3) is 2.46. The van der Waals surface area contributed by atoms with Gasteiger partial charge in [0.2, 0.25) is 0 Å². The Labute approximate surface area is 88.1 Å². The van der Waals surface area contributed by atoms with E-state index in [9.17, 15) is 9.90 Å². The standard InChI is InChI=1S/C9H16O6/c1-12-4-5(10)6-7(13-2)8(14-3)9(11)15-6/h5-8,10H,4H2,1-3H3. The average Bonchev–Trinajstić information content (AvgIpc) is 2.54. The molecule has 0 radical (unpaired) electrons. The van der Waals surface area contributed by atoms with Gasteiger partial charge in [0.05, 0.1) is 6.61 Å². The molecule has 1 aliphatic rings. The second kappa shape index (κ2) is 5.41. The van der Waals surface area contributed by atoms with Crippen LogP contribution in [-0.4, -0.2) is 63.4 Å². The number of cyclic esters (lactones) is 1. The first-order valence-electron chi connectivity index (χ1n) is 4.58. The highest BCUT2D eigenvalue weighted by Crippen LogP contribution is 2.23. The number of esters is 1. The Morgan fingerprint density at radius 1 is 1.40 bits per heavy atom. The molecule has 6 heteroatoms. The fraction of sp³-hybridized carbons (Fsp3) is 0.889. The first kappa shape index (κ1) is 12.4. The Bertz CT molecular complexity index is 219. The van der Waals surface area contributed by atoms with Gasteiger partial charge >= 0.3 is 5.97 Å². The zero-order chi connectivity index (χ0) is 11.4. The van der Waals surface area contributed by atoms with Crippen molar-refractivity contribution in [1.82, 2.24) is 0 Å². The molecule has 1 aliphatic heterocycles. The van der Waals surface area contributed by atoms with Crippen molar-refractivity contribution in [1.29, 1.82) is 0 Å². The van der Waals surface area contributed by atoms with E-state index in [1.54, 1.807) is 0 Å². The molecule has 0 amide bonds. The predicted molar refractivity (Wildman–Crippen MR) is 49.4 cm³/mol. The molecule has 4 unspecified atom stereocenters. The highest BCUT2D eigenvalue weighted by molar-refractivity contribution is 5.78. The number of aliphatic hydroxyl groups is 1. The van der Waals surface area contributed by atoms with Gasteiger partial charge < -0.3 is 24.1 Å². The lowest BCUT2D eigenvalue weighted by Crippen LogP contribution is -2.42. The Balaban J connectivity index is 2.69. The topological polar surface area (TPSA) is 74.2 Å². The van der Waals surface area contributed by atoms with Crippen LogP contribution in [0.25, 0.3) is 0 Å². The first-order chi connectivity index (χ1) is 7.15. The van der Waals surface area contributed by atoms with Crippen LogP contribution < -0.4 is 0 Å². The summed E-state index contributed by atoms with van der Waals surface area (Å²) in [6.07, 6.45) is -3.05. The second-order valence-electron chi connectivity index (χ2n) is 3.28. The molecule has 0 aromatic carbocycles. The lowest BCUT2D eigenvalue weighted by molar-refractivity contribution is -0.152. The molecular weight excluding hydrogens is 204 g/mol. The summed E-state index contributed by atoms with van der Waals surface area (Å²) in [5.74, 6) is -0.524. The summed E-state index contributed by atoms with van der Waals surface area (Å²) < 4.78 is 19.8. The van der Waals surface area contributed by atoms with Gasteiger partial charge in [0.1, 0.15) is 12.2 Å². The van der Waals surface area contributed by atoms with Crippen molar-refractivity contribution in [3.8, 4) is 0 Å². The van der Waals surface area contributed by atoms with Crippen LogP contribution in [0, 0.1) is 0 Å².